The molecule has 0 aromatic heterocycles. The van der Waals surface area contributed by atoms with Crippen LogP contribution in [0.5, 0.6) is 0 Å². The lowest BCUT2D eigenvalue weighted by Crippen LogP contribution is -2.40. The number of nitrogens with one attached hydrogen (secondary N) is 2. The molecule has 1 fully saturated rings. The molecule has 1 amide bonds. The van der Waals surface area contributed by atoms with E-state index in [9.17, 15) is 4.79 Å². The molecule has 2 rings (SSSR count). The molecular formula is C16H26N4O. The smallest absolute Gasteiger partial charge is 0.241 e. The predicted octanol–water partition coefficient (Wildman–Crippen LogP) is 0.964. The molecular weight excluding hydrogens is 264 g/mol. The van der Waals surface area contributed by atoms with Crippen molar-refractivity contribution in [2.45, 2.75) is 38.3 Å². The van der Waals surface area contributed by atoms with Crippen LogP contribution in [-0.2, 0) is 11.3 Å². The summed E-state index contributed by atoms with van der Waals surface area (Å²) in [5.41, 5.74) is 4.47. The minimum Gasteiger partial charge on any atom is -0.317 e. The molecule has 5 heteroatoms. The van der Waals surface area contributed by atoms with Crippen molar-refractivity contribution in [1.29, 1.82) is 0 Å². The Labute approximate surface area is 126 Å². The number of benzene rings is 1. The van der Waals surface area contributed by atoms with Gasteiger partial charge in [0.05, 0.1) is 5.92 Å². The third-order valence-corrected chi connectivity index (χ3v) is 4.38. The van der Waals surface area contributed by atoms with E-state index in [2.05, 4.69) is 34.8 Å². The molecule has 1 aromatic carbocycles. The van der Waals surface area contributed by atoms with Gasteiger partial charge in [0, 0.05) is 12.6 Å². The Morgan fingerprint density at radius 3 is 2.57 bits per heavy atom. The molecule has 1 atom stereocenters. The van der Waals surface area contributed by atoms with Crippen LogP contribution < -0.4 is 16.6 Å². The van der Waals surface area contributed by atoms with E-state index in [1.807, 2.05) is 19.1 Å². The first kappa shape index (κ1) is 15.9. The summed E-state index contributed by atoms with van der Waals surface area (Å²) in [6.07, 6.45) is 2.42. The molecule has 21 heavy (non-hydrogen) atoms. The first-order chi connectivity index (χ1) is 10.1. The summed E-state index contributed by atoms with van der Waals surface area (Å²) in [4.78, 5) is 14.0. The monoisotopic (exact) mass is 290 g/mol. The number of rotatable bonds is 5. The molecule has 0 spiro atoms. The van der Waals surface area contributed by atoms with Gasteiger partial charge in [0.2, 0.25) is 5.91 Å². The zero-order valence-electron chi connectivity index (χ0n) is 12.9. The Bertz CT molecular complexity index is 454. The molecule has 1 heterocycles. The normalized spacial score (nSPS) is 17.7. The molecule has 116 valence electrons. The Morgan fingerprint density at radius 1 is 1.38 bits per heavy atom. The molecule has 4 N–H and O–H groups in total. The van der Waals surface area contributed by atoms with Gasteiger partial charge in [-0.25, -0.2) is 5.84 Å². The highest BCUT2D eigenvalue weighted by Crippen LogP contribution is 2.18. The van der Waals surface area contributed by atoms with Gasteiger partial charge in [-0.2, -0.15) is 0 Å². The van der Waals surface area contributed by atoms with E-state index in [0.29, 0.717) is 6.04 Å². The fraction of sp³-hybridized carbons (Fsp3) is 0.562. The third kappa shape index (κ3) is 4.27. The van der Waals surface area contributed by atoms with Gasteiger partial charge in [-0.1, -0.05) is 24.3 Å². The van der Waals surface area contributed by atoms with Crippen molar-refractivity contribution in [2.75, 3.05) is 20.1 Å². The van der Waals surface area contributed by atoms with Crippen molar-refractivity contribution < 1.29 is 4.79 Å². The van der Waals surface area contributed by atoms with E-state index < -0.39 is 0 Å². The van der Waals surface area contributed by atoms with Crippen LogP contribution >= 0.6 is 0 Å². The van der Waals surface area contributed by atoms with E-state index in [1.54, 1.807) is 0 Å². The fourth-order valence-corrected chi connectivity index (χ4v) is 2.85. The van der Waals surface area contributed by atoms with Crippen molar-refractivity contribution >= 4 is 5.91 Å². The topological polar surface area (TPSA) is 70.4 Å². The molecule has 5 nitrogen and oxygen atoms in total. The minimum atomic E-state index is -0.216. The van der Waals surface area contributed by atoms with Gasteiger partial charge in [-0.05, 0) is 51.0 Å². The third-order valence-electron chi connectivity index (χ3n) is 4.38. The maximum absolute atomic E-state index is 11.5. The molecule has 0 saturated carbocycles. The van der Waals surface area contributed by atoms with Crippen LogP contribution in [0.15, 0.2) is 24.3 Å². The van der Waals surface area contributed by atoms with E-state index in [-0.39, 0.29) is 11.8 Å². The van der Waals surface area contributed by atoms with Gasteiger partial charge in [0.1, 0.15) is 0 Å². The number of nitrogens with two attached hydrogens (primary N) is 1. The lowest BCUT2D eigenvalue weighted by atomic mass is 9.98. The Balaban J connectivity index is 1.94. The van der Waals surface area contributed by atoms with Gasteiger partial charge < -0.3 is 5.32 Å². The predicted molar refractivity (Wildman–Crippen MR) is 84.5 cm³/mol. The first-order valence-corrected chi connectivity index (χ1v) is 7.62. The summed E-state index contributed by atoms with van der Waals surface area (Å²) in [6.45, 7) is 5.03. The molecule has 0 bridgehead atoms. The largest absolute Gasteiger partial charge is 0.317 e. The number of carbonyl (C=O) groups is 1. The van der Waals surface area contributed by atoms with Crippen molar-refractivity contribution in [1.82, 2.24) is 15.6 Å². The van der Waals surface area contributed by atoms with Crippen LogP contribution in [0.2, 0.25) is 0 Å². The molecule has 0 aliphatic carbocycles. The highest BCUT2D eigenvalue weighted by molar-refractivity contribution is 5.82. The van der Waals surface area contributed by atoms with Crippen molar-refractivity contribution in [3.63, 3.8) is 0 Å². The standard InChI is InChI=1S/C16H26N4O/c1-12(16(21)19-17)14-5-3-13(4-6-14)11-20(2)15-7-9-18-10-8-15/h3-6,12,15,18H,7-11,17H2,1-2H3,(H,19,21). The van der Waals surface area contributed by atoms with Crippen LogP contribution in [0.4, 0.5) is 0 Å². The Morgan fingerprint density at radius 2 is 2.00 bits per heavy atom. The molecule has 1 aromatic rings. The van der Waals surface area contributed by atoms with Gasteiger partial charge in [-0.15, -0.1) is 0 Å². The number of hydrazine groups is 1. The van der Waals surface area contributed by atoms with Crippen LogP contribution in [-0.4, -0.2) is 37.0 Å². The lowest BCUT2D eigenvalue weighted by molar-refractivity contribution is -0.122. The quantitative estimate of drug-likeness (QED) is 0.429. The minimum absolute atomic E-state index is 0.158. The highest BCUT2D eigenvalue weighted by Gasteiger charge is 2.18. The van der Waals surface area contributed by atoms with Crippen molar-refractivity contribution in [3.8, 4) is 0 Å². The zero-order valence-corrected chi connectivity index (χ0v) is 12.9. The maximum Gasteiger partial charge on any atom is 0.241 e. The SMILES string of the molecule is CC(C(=O)NN)c1ccc(CN(C)C2CCNCC2)cc1. The number of carbonyl (C=O) groups excluding carboxylic acids is 1. The molecule has 1 saturated heterocycles. The number of nitrogens with zero attached hydrogens (tertiary/aromatic N) is 1. The first-order valence-electron chi connectivity index (χ1n) is 7.62. The van der Waals surface area contributed by atoms with E-state index >= 15 is 0 Å². The fourth-order valence-electron chi connectivity index (χ4n) is 2.85. The summed E-state index contributed by atoms with van der Waals surface area (Å²) >= 11 is 0. The molecule has 0 radical (unpaired) electrons. The van der Waals surface area contributed by atoms with E-state index in [1.165, 1.54) is 18.4 Å². The average molecular weight is 290 g/mol. The maximum atomic E-state index is 11.5. The number of hydrogen-bond acceptors (Lipinski definition) is 4. The second kappa shape index (κ2) is 7.54. The molecule has 1 aliphatic rings. The average Bonchev–Trinajstić information content (AvgIpc) is 2.55. The summed E-state index contributed by atoms with van der Waals surface area (Å²) in [7, 11) is 2.19. The van der Waals surface area contributed by atoms with Crippen LogP contribution in [0, 0.1) is 0 Å². The zero-order chi connectivity index (χ0) is 15.2. The molecule has 1 unspecified atom stereocenters. The van der Waals surface area contributed by atoms with Gasteiger partial charge in [-0.3, -0.25) is 15.1 Å². The number of hydrogen-bond donors (Lipinski definition) is 3. The summed E-state index contributed by atoms with van der Waals surface area (Å²) in [6, 6.07) is 8.91. The highest BCUT2D eigenvalue weighted by atomic mass is 16.2. The number of piperidine rings is 1. The van der Waals surface area contributed by atoms with Gasteiger partial charge in [0.15, 0.2) is 0 Å². The van der Waals surface area contributed by atoms with Gasteiger partial charge >= 0.3 is 0 Å². The van der Waals surface area contributed by atoms with Crippen molar-refractivity contribution in [3.05, 3.63) is 35.4 Å². The second-order valence-electron chi connectivity index (χ2n) is 5.87. The lowest BCUT2D eigenvalue weighted by Gasteiger charge is -2.31. The van der Waals surface area contributed by atoms with E-state index in [4.69, 9.17) is 5.84 Å². The summed E-state index contributed by atoms with van der Waals surface area (Å²) in [5.74, 6) is 4.80. The molecule has 1 aliphatic heterocycles. The van der Waals surface area contributed by atoms with Crippen LogP contribution in [0.1, 0.15) is 36.8 Å². The Hall–Kier alpha value is -1.43. The van der Waals surface area contributed by atoms with E-state index in [0.717, 1.165) is 25.2 Å². The summed E-state index contributed by atoms with van der Waals surface area (Å²) in [5, 5.41) is 3.39. The van der Waals surface area contributed by atoms with Crippen LogP contribution in [0.25, 0.3) is 0 Å². The summed E-state index contributed by atoms with van der Waals surface area (Å²) < 4.78 is 0. The number of amides is 1. The van der Waals surface area contributed by atoms with Crippen LogP contribution in [0.3, 0.4) is 0 Å². The Kier molecular flexibility index (Phi) is 5.73. The second-order valence-corrected chi connectivity index (χ2v) is 5.87. The van der Waals surface area contributed by atoms with Gasteiger partial charge in [0.25, 0.3) is 0 Å². The van der Waals surface area contributed by atoms with Crippen molar-refractivity contribution in [2.24, 2.45) is 5.84 Å².